The molecule has 0 bridgehead atoms. The van der Waals surface area contributed by atoms with Gasteiger partial charge < -0.3 is 5.73 Å². The summed E-state index contributed by atoms with van der Waals surface area (Å²) >= 11 is 0. The first kappa shape index (κ1) is 14.7. The molecule has 0 atom stereocenters. The Morgan fingerprint density at radius 2 is 2.00 bits per heavy atom. The standard InChI is InChI=1S/C18H17N5/c1-3-5-11-14(4-2)23-18-15(17(19)20-12-21-18)16(22-23)13-9-7-6-8-10-13/h3-12H,2H2,1H3,(H2,19,20,21)/b5-3-,14-11+. The van der Waals surface area contributed by atoms with Crippen LogP contribution in [0, 0.1) is 0 Å². The van der Waals surface area contributed by atoms with Crippen molar-refractivity contribution in [3.05, 3.63) is 67.5 Å². The van der Waals surface area contributed by atoms with Gasteiger partial charge in [-0.05, 0) is 19.1 Å². The highest BCUT2D eigenvalue weighted by molar-refractivity contribution is 5.99. The Morgan fingerprint density at radius 3 is 2.70 bits per heavy atom. The number of nitrogens with two attached hydrogens (primary N) is 1. The minimum Gasteiger partial charge on any atom is -0.383 e. The van der Waals surface area contributed by atoms with Crippen LogP contribution in [0.1, 0.15) is 6.92 Å². The molecule has 0 spiro atoms. The normalized spacial score (nSPS) is 12.1. The molecule has 0 radical (unpaired) electrons. The van der Waals surface area contributed by atoms with Crippen molar-refractivity contribution in [3.63, 3.8) is 0 Å². The Bertz CT molecular complexity index is 904. The lowest BCUT2D eigenvalue weighted by Gasteiger charge is -2.02. The van der Waals surface area contributed by atoms with E-state index < -0.39 is 0 Å². The number of benzene rings is 1. The van der Waals surface area contributed by atoms with Crippen LogP contribution >= 0.6 is 0 Å². The van der Waals surface area contributed by atoms with E-state index in [9.17, 15) is 0 Å². The monoisotopic (exact) mass is 303 g/mol. The molecule has 5 nitrogen and oxygen atoms in total. The van der Waals surface area contributed by atoms with Crippen molar-refractivity contribution >= 4 is 22.5 Å². The second-order valence-electron chi connectivity index (χ2n) is 4.91. The minimum atomic E-state index is 0.412. The number of fused-ring (bicyclic) bond motifs is 1. The summed E-state index contributed by atoms with van der Waals surface area (Å²) < 4.78 is 1.74. The van der Waals surface area contributed by atoms with Gasteiger partial charge in [-0.25, -0.2) is 14.6 Å². The predicted molar refractivity (Wildman–Crippen MR) is 94.5 cm³/mol. The van der Waals surface area contributed by atoms with Crippen molar-refractivity contribution in [1.29, 1.82) is 0 Å². The molecule has 23 heavy (non-hydrogen) atoms. The number of nitrogens with zero attached hydrogens (tertiary/aromatic N) is 4. The number of rotatable bonds is 4. The van der Waals surface area contributed by atoms with Crippen LogP contribution in [-0.2, 0) is 0 Å². The second-order valence-corrected chi connectivity index (χ2v) is 4.91. The topological polar surface area (TPSA) is 69.6 Å². The van der Waals surface area contributed by atoms with E-state index in [1.54, 1.807) is 10.8 Å². The van der Waals surface area contributed by atoms with Gasteiger partial charge in [-0.1, -0.05) is 49.1 Å². The Hall–Kier alpha value is -3.21. The van der Waals surface area contributed by atoms with Gasteiger partial charge in [0, 0.05) is 5.56 Å². The lowest BCUT2D eigenvalue weighted by Crippen LogP contribution is -1.99. The maximum Gasteiger partial charge on any atom is 0.169 e. The number of anilines is 1. The lowest BCUT2D eigenvalue weighted by atomic mass is 10.1. The van der Waals surface area contributed by atoms with E-state index in [2.05, 4.69) is 16.5 Å². The van der Waals surface area contributed by atoms with Crippen LogP contribution < -0.4 is 5.73 Å². The van der Waals surface area contributed by atoms with E-state index in [1.807, 2.05) is 55.5 Å². The molecule has 114 valence electrons. The van der Waals surface area contributed by atoms with Crippen LogP contribution in [0.2, 0.25) is 0 Å². The number of hydrogen-bond acceptors (Lipinski definition) is 4. The first-order valence-electron chi connectivity index (χ1n) is 7.26. The highest BCUT2D eigenvalue weighted by atomic mass is 15.3. The zero-order chi connectivity index (χ0) is 16.2. The van der Waals surface area contributed by atoms with E-state index in [-0.39, 0.29) is 0 Å². The minimum absolute atomic E-state index is 0.412. The fourth-order valence-electron chi connectivity index (χ4n) is 2.37. The summed E-state index contributed by atoms with van der Waals surface area (Å²) in [5.41, 5.74) is 9.28. The molecule has 1 aromatic carbocycles. The van der Waals surface area contributed by atoms with Crippen molar-refractivity contribution < 1.29 is 0 Å². The molecule has 0 saturated heterocycles. The molecule has 0 saturated carbocycles. The van der Waals surface area contributed by atoms with E-state index in [1.165, 1.54) is 6.33 Å². The fraction of sp³-hybridized carbons (Fsp3) is 0.0556. The molecule has 2 heterocycles. The summed E-state index contributed by atoms with van der Waals surface area (Å²) in [6.07, 6.45) is 8.97. The molecule has 2 N–H and O–H groups in total. The van der Waals surface area contributed by atoms with Gasteiger partial charge in [0.25, 0.3) is 0 Å². The molecule has 0 amide bonds. The molecule has 0 fully saturated rings. The van der Waals surface area contributed by atoms with E-state index in [4.69, 9.17) is 10.8 Å². The number of nitrogen functional groups attached to an aromatic ring is 1. The fourth-order valence-corrected chi connectivity index (χ4v) is 2.37. The van der Waals surface area contributed by atoms with Gasteiger partial charge in [-0.3, -0.25) is 0 Å². The zero-order valence-electron chi connectivity index (χ0n) is 12.8. The molecule has 2 aromatic heterocycles. The van der Waals surface area contributed by atoms with E-state index in [0.29, 0.717) is 11.5 Å². The Balaban J connectivity index is 2.33. The maximum atomic E-state index is 6.09. The maximum absolute atomic E-state index is 6.09. The molecule has 0 unspecified atom stereocenters. The lowest BCUT2D eigenvalue weighted by molar-refractivity contribution is 0.928. The SMILES string of the molecule is C=C/C(=C\C=C/C)n1nc(-c2ccccc2)c2c(N)ncnc21. The average Bonchev–Trinajstić information content (AvgIpc) is 2.98. The highest BCUT2D eigenvalue weighted by Crippen LogP contribution is 2.31. The zero-order valence-corrected chi connectivity index (χ0v) is 12.8. The summed E-state index contributed by atoms with van der Waals surface area (Å²) in [5, 5.41) is 5.45. The molecular formula is C18H17N5. The van der Waals surface area contributed by atoms with Crippen LogP contribution in [0.3, 0.4) is 0 Å². The first-order chi connectivity index (χ1) is 11.3. The van der Waals surface area contributed by atoms with Gasteiger partial charge in [0.15, 0.2) is 5.65 Å². The van der Waals surface area contributed by atoms with Crippen LogP contribution in [-0.4, -0.2) is 19.7 Å². The van der Waals surface area contributed by atoms with Crippen molar-refractivity contribution in [1.82, 2.24) is 19.7 Å². The molecule has 3 aromatic rings. The van der Waals surface area contributed by atoms with E-state index >= 15 is 0 Å². The number of aromatic nitrogens is 4. The van der Waals surface area contributed by atoms with Crippen molar-refractivity contribution in [2.24, 2.45) is 0 Å². The number of allylic oxidation sites excluding steroid dienone is 5. The van der Waals surface area contributed by atoms with Crippen molar-refractivity contribution in [2.75, 3.05) is 5.73 Å². The van der Waals surface area contributed by atoms with Crippen molar-refractivity contribution in [3.8, 4) is 11.3 Å². The average molecular weight is 303 g/mol. The summed E-state index contributed by atoms with van der Waals surface area (Å²) in [7, 11) is 0. The molecule has 0 aliphatic carbocycles. The van der Waals surface area contributed by atoms with Crippen LogP contribution in [0.4, 0.5) is 5.82 Å². The van der Waals surface area contributed by atoms with Gasteiger partial charge >= 0.3 is 0 Å². The smallest absolute Gasteiger partial charge is 0.169 e. The Kier molecular flexibility index (Phi) is 4.01. The van der Waals surface area contributed by atoms with Gasteiger partial charge in [0.2, 0.25) is 0 Å². The van der Waals surface area contributed by atoms with Crippen LogP contribution in [0.5, 0.6) is 0 Å². The summed E-state index contributed by atoms with van der Waals surface area (Å²) in [5.74, 6) is 0.412. The van der Waals surface area contributed by atoms with Gasteiger partial charge in [-0.2, -0.15) is 5.10 Å². The number of hydrogen-bond donors (Lipinski definition) is 1. The molecule has 0 aliphatic rings. The highest BCUT2D eigenvalue weighted by Gasteiger charge is 2.17. The third-order valence-corrected chi connectivity index (χ3v) is 3.45. The Morgan fingerprint density at radius 1 is 1.22 bits per heavy atom. The summed E-state index contributed by atoms with van der Waals surface area (Å²) in [6, 6.07) is 9.86. The van der Waals surface area contributed by atoms with Gasteiger partial charge in [0.05, 0.1) is 11.1 Å². The summed E-state index contributed by atoms with van der Waals surface area (Å²) in [6.45, 7) is 5.82. The first-order valence-corrected chi connectivity index (χ1v) is 7.26. The van der Waals surface area contributed by atoms with Crippen molar-refractivity contribution in [2.45, 2.75) is 6.92 Å². The van der Waals surface area contributed by atoms with Crippen LogP contribution in [0.25, 0.3) is 28.0 Å². The van der Waals surface area contributed by atoms with Gasteiger partial charge in [0.1, 0.15) is 17.8 Å². The largest absolute Gasteiger partial charge is 0.383 e. The predicted octanol–water partition coefficient (Wildman–Crippen LogP) is 3.68. The molecular weight excluding hydrogens is 286 g/mol. The van der Waals surface area contributed by atoms with E-state index in [0.717, 1.165) is 22.3 Å². The van der Waals surface area contributed by atoms with Gasteiger partial charge in [-0.15, -0.1) is 0 Å². The van der Waals surface area contributed by atoms with Crippen LogP contribution in [0.15, 0.2) is 67.5 Å². The molecule has 5 heteroatoms. The molecule has 3 rings (SSSR count). The summed E-state index contributed by atoms with van der Waals surface area (Å²) in [4.78, 5) is 8.47. The second kappa shape index (κ2) is 6.27. The molecule has 0 aliphatic heterocycles. The third kappa shape index (κ3) is 2.64. The Labute approximate surface area is 134 Å². The third-order valence-electron chi connectivity index (χ3n) is 3.45. The quantitative estimate of drug-likeness (QED) is 0.746.